The average Bonchev–Trinajstić information content (AvgIpc) is 2.36. The van der Waals surface area contributed by atoms with E-state index in [4.69, 9.17) is 16.3 Å². The van der Waals surface area contributed by atoms with Gasteiger partial charge in [-0.15, -0.1) is 11.6 Å². The van der Waals surface area contributed by atoms with Gasteiger partial charge in [0.2, 0.25) is 10.0 Å². The second-order valence-electron chi connectivity index (χ2n) is 4.51. The van der Waals surface area contributed by atoms with Gasteiger partial charge in [0.1, 0.15) is 0 Å². The third-order valence-electron chi connectivity index (χ3n) is 2.48. The molecule has 0 aliphatic heterocycles. The zero-order chi connectivity index (χ0) is 14.3. The molecule has 0 saturated heterocycles. The normalized spacial score (nSPS) is 12.0. The largest absolute Gasteiger partial charge is 0.378 e. The third-order valence-corrected chi connectivity index (χ3v) is 4.07. The molecule has 1 aromatic rings. The highest BCUT2D eigenvalue weighted by Crippen LogP contribution is 2.07. The Hall–Kier alpha value is -0.620. The molecule has 0 spiro atoms. The molecule has 1 aromatic carbocycles. The molecule has 6 heteroatoms. The topological polar surface area (TPSA) is 55.4 Å². The van der Waals surface area contributed by atoms with E-state index in [2.05, 4.69) is 4.72 Å². The van der Waals surface area contributed by atoms with Gasteiger partial charge in [0.25, 0.3) is 0 Å². The first-order valence-electron chi connectivity index (χ1n) is 6.15. The van der Waals surface area contributed by atoms with Crippen LogP contribution in [0.5, 0.6) is 0 Å². The van der Waals surface area contributed by atoms with Crippen molar-refractivity contribution in [3.8, 4) is 0 Å². The van der Waals surface area contributed by atoms with E-state index in [0.717, 1.165) is 11.1 Å². The maximum Gasteiger partial charge on any atom is 0.214 e. The molecular weight excluding hydrogens is 286 g/mol. The monoisotopic (exact) mass is 305 g/mol. The number of benzene rings is 1. The summed E-state index contributed by atoms with van der Waals surface area (Å²) in [5.74, 6) is 0.434. The summed E-state index contributed by atoms with van der Waals surface area (Å²) >= 11 is 5.69. The summed E-state index contributed by atoms with van der Waals surface area (Å²) in [7, 11) is -3.29. The predicted octanol–water partition coefficient (Wildman–Crippen LogP) is 2.27. The lowest BCUT2D eigenvalue weighted by atomic mass is 10.1. The molecule has 0 heterocycles. The molecular formula is C13H20ClNO3S. The highest BCUT2D eigenvalue weighted by molar-refractivity contribution is 7.89. The fraction of sp³-hybridized carbons (Fsp3) is 0.538. The molecule has 1 rings (SSSR count). The van der Waals surface area contributed by atoms with Gasteiger partial charge in [0.15, 0.2) is 0 Å². The van der Waals surface area contributed by atoms with Crippen molar-refractivity contribution in [2.75, 3.05) is 12.4 Å². The van der Waals surface area contributed by atoms with Gasteiger partial charge < -0.3 is 4.74 Å². The predicted molar refractivity (Wildman–Crippen MR) is 77.7 cm³/mol. The molecule has 108 valence electrons. The smallest absolute Gasteiger partial charge is 0.214 e. The van der Waals surface area contributed by atoms with Crippen LogP contribution in [-0.4, -0.2) is 26.9 Å². The fourth-order valence-electron chi connectivity index (χ4n) is 1.41. The van der Waals surface area contributed by atoms with Gasteiger partial charge in [-0.1, -0.05) is 24.3 Å². The summed E-state index contributed by atoms with van der Waals surface area (Å²) in [5, 5.41) is 0. The quantitative estimate of drug-likeness (QED) is 0.750. The van der Waals surface area contributed by atoms with Crippen molar-refractivity contribution < 1.29 is 13.2 Å². The Morgan fingerprint density at radius 1 is 1.21 bits per heavy atom. The number of sulfonamides is 1. The lowest BCUT2D eigenvalue weighted by Gasteiger charge is -2.09. The summed E-state index contributed by atoms with van der Waals surface area (Å²) in [5.41, 5.74) is 1.92. The number of rotatable bonds is 8. The molecule has 0 aromatic heterocycles. The molecule has 0 radical (unpaired) electrons. The van der Waals surface area contributed by atoms with Gasteiger partial charge in [-0.2, -0.15) is 0 Å². The molecule has 1 N–H and O–H groups in total. The lowest BCUT2D eigenvalue weighted by molar-refractivity contribution is 0.0911. The van der Waals surface area contributed by atoms with Crippen LogP contribution in [0.2, 0.25) is 0 Å². The molecule has 19 heavy (non-hydrogen) atoms. The van der Waals surface area contributed by atoms with E-state index in [1.165, 1.54) is 0 Å². The van der Waals surface area contributed by atoms with Crippen LogP contribution in [0.4, 0.5) is 0 Å². The number of nitrogens with one attached hydrogen (secondary N) is 1. The van der Waals surface area contributed by atoms with Gasteiger partial charge in [-0.25, -0.2) is 13.1 Å². The van der Waals surface area contributed by atoms with Gasteiger partial charge in [0.05, 0.1) is 18.5 Å². The van der Waals surface area contributed by atoms with E-state index in [9.17, 15) is 8.42 Å². The summed E-state index contributed by atoms with van der Waals surface area (Å²) < 4.78 is 31.2. The zero-order valence-electron chi connectivity index (χ0n) is 11.2. The second-order valence-corrected chi connectivity index (χ2v) is 6.70. The van der Waals surface area contributed by atoms with E-state index < -0.39 is 10.0 Å². The third kappa shape index (κ3) is 6.92. The van der Waals surface area contributed by atoms with Crippen molar-refractivity contribution >= 4 is 21.6 Å². The van der Waals surface area contributed by atoms with Crippen LogP contribution in [0.25, 0.3) is 0 Å². The van der Waals surface area contributed by atoms with Crippen LogP contribution in [-0.2, 0) is 27.2 Å². The van der Waals surface area contributed by atoms with Crippen LogP contribution >= 0.6 is 11.6 Å². The minimum atomic E-state index is -3.29. The molecule has 0 amide bonds. The van der Waals surface area contributed by atoms with E-state index in [0.29, 0.717) is 5.88 Å². The van der Waals surface area contributed by atoms with Crippen LogP contribution in [0.15, 0.2) is 24.3 Å². The first-order chi connectivity index (χ1) is 8.93. The van der Waals surface area contributed by atoms with Crippen molar-refractivity contribution in [3.63, 3.8) is 0 Å². The number of hydrogen-bond acceptors (Lipinski definition) is 3. The molecule has 0 atom stereocenters. The van der Waals surface area contributed by atoms with Crippen molar-refractivity contribution in [2.24, 2.45) is 0 Å². The Balaban J connectivity index is 2.41. The summed E-state index contributed by atoms with van der Waals surface area (Å²) in [6.45, 7) is 4.24. The minimum Gasteiger partial charge on any atom is -0.378 e. The highest BCUT2D eigenvalue weighted by Gasteiger charge is 2.10. The van der Waals surface area contributed by atoms with E-state index >= 15 is 0 Å². The van der Waals surface area contributed by atoms with Crippen LogP contribution in [0.3, 0.4) is 0 Å². The molecule has 0 bridgehead atoms. The maximum absolute atomic E-state index is 11.7. The van der Waals surface area contributed by atoms with Gasteiger partial charge in [-0.3, -0.25) is 0 Å². The Morgan fingerprint density at radius 2 is 1.79 bits per heavy atom. The van der Waals surface area contributed by atoms with Crippen LogP contribution < -0.4 is 4.72 Å². The van der Waals surface area contributed by atoms with Gasteiger partial charge in [-0.05, 0) is 25.0 Å². The van der Waals surface area contributed by atoms with E-state index in [1.54, 1.807) is 0 Å². The number of ether oxygens (including phenoxy) is 1. The molecule has 0 aliphatic rings. The summed E-state index contributed by atoms with van der Waals surface area (Å²) in [6.07, 6.45) is 0.0401. The Kier molecular flexibility index (Phi) is 6.79. The molecule has 4 nitrogen and oxygen atoms in total. The molecule has 0 unspecified atom stereocenters. The standard InChI is InChI=1S/C13H20ClNO3S/c1-11(2)18-7-8-19(16,17)15-10-13-5-3-12(9-14)4-6-13/h3-6,11,15H,7-10H2,1-2H3. The SMILES string of the molecule is CC(C)OCCS(=O)(=O)NCc1ccc(CCl)cc1. The highest BCUT2D eigenvalue weighted by atomic mass is 35.5. The molecule has 0 aliphatic carbocycles. The van der Waals surface area contributed by atoms with Crippen molar-refractivity contribution in [3.05, 3.63) is 35.4 Å². The summed E-state index contributed by atoms with van der Waals surface area (Å²) in [6, 6.07) is 7.51. The lowest BCUT2D eigenvalue weighted by Crippen LogP contribution is -2.28. The number of halogens is 1. The maximum atomic E-state index is 11.7. The Labute approximate surface area is 120 Å². The Morgan fingerprint density at radius 3 is 2.32 bits per heavy atom. The fourth-order valence-corrected chi connectivity index (χ4v) is 2.43. The van der Waals surface area contributed by atoms with Crippen molar-refractivity contribution in [2.45, 2.75) is 32.4 Å². The number of alkyl halides is 1. The van der Waals surface area contributed by atoms with Gasteiger partial charge >= 0.3 is 0 Å². The van der Waals surface area contributed by atoms with E-state index in [-0.39, 0.29) is 25.0 Å². The zero-order valence-corrected chi connectivity index (χ0v) is 12.8. The van der Waals surface area contributed by atoms with E-state index in [1.807, 2.05) is 38.1 Å². The van der Waals surface area contributed by atoms with Crippen molar-refractivity contribution in [1.29, 1.82) is 0 Å². The van der Waals surface area contributed by atoms with Crippen molar-refractivity contribution in [1.82, 2.24) is 4.72 Å². The first kappa shape index (κ1) is 16.4. The van der Waals surface area contributed by atoms with Crippen LogP contribution in [0.1, 0.15) is 25.0 Å². The average molecular weight is 306 g/mol. The second kappa shape index (κ2) is 7.85. The molecule has 0 saturated carbocycles. The van der Waals surface area contributed by atoms with Gasteiger partial charge in [0, 0.05) is 12.4 Å². The van der Waals surface area contributed by atoms with Crippen LogP contribution in [0, 0.1) is 0 Å². The molecule has 0 fully saturated rings. The minimum absolute atomic E-state index is 0.0229. The Bertz CT molecular complexity index is 471. The summed E-state index contributed by atoms with van der Waals surface area (Å²) in [4.78, 5) is 0. The first-order valence-corrected chi connectivity index (χ1v) is 8.34. The number of hydrogen-bond donors (Lipinski definition) is 1.